The fourth-order valence-corrected chi connectivity index (χ4v) is 3.77. The van der Waals surface area contributed by atoms with Crippen LogP contribution in [0.4, 0.5) is 4.39 Å². The number of benzene rings is 1. The Kier molecular flexibility index (Phi) is 5.75. The SMILES string of the molecule is C[C@@H](CC(=O)N[C@@H]1CCCN(S(C)(=O)=O)C1)c1cccc(F)c1. The second-order valence-electron chi connectivity index (χ2n) is 6.19. The molecule has 1 aromatic rings. The third kappa shape index (κ3) is 5.28. The minimum absolute atomic E-state index is 0.0969. The van der Waals surface area contributed by atoms with Gasteiger partial charge in [-0.2, -0.15) is 0 Å². The van der Waals surface area contributed by atoms with Crippen molar-refractivity contribution in [3.63, 3.8) is 0 Å². The van der Waals surface area contributed by atoms with Crippen molar-refractivity contribution in [3.05, 3.63) is 35.6 Å². The van der Waals surface area contributed by atoms with E-state index < -0.39 is 10.0 Å². The minimum Gasteiger partial charge on any atom is -0.352 e. The van der Waals surface area contributed by atoms with E-state index in [0.717, 1.165) is 18.4 Å². The van der Waals surface area contributed by atoms with E-state index in [1.807, 2.05) is 6.92 Å². The zero-order valence-corrected chi connectivity index (χ0v) is 14.3. The van der Waals surface area contributed by atoms with Crippen LogP contribution in [0.2, 0.25) is 0 Å². The van der Waals surface area contributed by atoms with Crippen molar-refractivity contribution in [2.75, 3.05) is 19.3 Å². The highest BCUT2D eigenvalue weighted by atomic mass is 32.2. The highest BCUT2D eigenvalue weighted by Crippen LogP contribution is 2.20. The molecule has 2 rings (SSSR count). The summed E-state index contributed by atoms with van der Waals surface area (Å²) in [5.41, 5.74) is 0.779. The van der Waals surface area contributed by atoms with Gasteiger partial charge >= 0.3 is 0 Å². The molecule has 0 aliphatic carbocycles. The van der Waals surface area contributed by atoms with Crippen LogP contribution in [0.1, 0.15) is 37.7 Å². The summed E-state index contributed by atoms with van der Waals surface area (Å²) in [4.78, 5) is 12.2. The molecule has 0 spiro atoms. The topological polar surface area (TPSA) is 66.5 Å². The first kappa shape index (κ1) is 17.9. The molecular formula is C16H23FN2O3S. The van der Waals surface area contributed by atoms with Gasteiger partial charge in [0.05, 0.1) is 6.26 Å². The lowest BCUT2D eigenvalue weighted by molar-refractivity contribution is -0.122. The first-order valence-corrected chi connectivity index (χ1v) is 9.60. The predicted octanol–water partition coefficient (Wildman–Crippen LogP) is 1.86. The molecule has 1 amide bonds. The van der Waals surface area contributed by atoms with Crippen LogP contribution < -0.4 is 5.32 Å². The van der Waals surface area contributed by atoms with Gasteiger partial charge in [0.1, 0.15) is 5.82 Å². The molecule has 0 bridgehead atoms. The van der Waals surface area contributed by atoms with Crippen LogP contribution in [0, 0.1) is 5.82 Å². The van der Waals surface area contributed by atoms with Crippen molar-refractivity contribution >= 4 is 15.9 Å². The molecule has 5 nitrogen and oxygen atoms in total. The lowest BCUT2D eigenvalue weighted by Gasteiger charge is -2.31. The molecule has 1 aliphatic heterocycles. The Morgan fingerprint density at radius 1 is 1.48 bits per heavy atom. The molecule has 23 heavy (non-hydrogen) atoms. The monoisotopic (exact) mass is 342 g/mol. The second-order valence-corrected chi connectivity index (χ2v) is 8.17. The molecule has 0 aromatic heterocycles. The van der Waals surface area contributed by atoms with Gasteiger partial charge < -0.3 is 5.32 Å². The molecule has 0 unspecified atom stereocenters. The Bertz CT molecular complexity index is 663. The Morgan fingerprint density at radius 3 is 2.87 bits per heavy atom. The summed E-state index contributed by atoms with van der Waals surface area (Å²) < 4.78 is 37.8. The van der Waals surface area contributed by atoms with Gasteiger partial charge in [-0.3, -0.25) is 4.79 Å². The zero-order valence-electron chi connectivity index (χ0n) is 13.5. The number of piperidine rings is 1. The standard InChI is InChI=1S/C16H23FN2O3S/c1-12(13-5-3-6-14(17)10-13)9-16(20)18-15-7-4-8-19(11-15)23(2,21)22/h3,5-6,10,12,15H,4,7-9,11H2,1-2H3,(H,18,20)/t12-,15+/m0/s1. The molecule has 0 radical (unpaired) electrons. The number of hydrogen-bond acceptors (Lipinski definition) is 3. The molecule has 7 heteroatoms. The molecule has 1 saturated heterocycles. The number of nitrogens with one attached hydrogen (secondary N) is 1. The third-order valence-corrected chi connectivity index (χ3v) is 5.40. The van der Waals surface area contributed by atoms with Crippen LogP contribution in [-0.4, -0.2) is 44.0 Å². The molecule has 1 fully saturated rings. The van der Waals surface area contributed by atoms with Crippen LogP contribution in [0.3, 0.4) is 0 Å². The van der Waals surface area contributed by atoms with E-state index in [4.69, 9.17) is 0 Å². The van der Waals surface area contributed by atoms with Crippen LogP contribution >= 0.6 is 0 Å². The van der Waals surface area contributed by atoms with Gasteiger partial charge in [0.2, 0.25) is 15.9 Å². The van der Waals surface area contributed by atoms with Crippen molar-refractivity contribution in [1.82, 2.24) is 9.62 Å². The number of nitrogens with zero attached hydrogens (tertiary/aromatic N) is 1. The van der Waals surface area contributed by atoms with Crippen LogP contribution in [0.5, 0.6) is 0 Å². The summed E-state index contributed by atoms with van der Waals surface area (Å²) in [7, 11) is -3.23. The third-order valence-electron chi connectivity index (χ3n) is 4.13. The summed E-state index contributed by atoms with van der Waals surface area (Å²) >= 11 is 0. The van der Waals surface area contributed by atoms with Gasteiger partial charge in [0.25, 0.3) is 0 Å². The van der Waals surface area contributed by atoms with Crippen LogP contribution in [0.15, 0.2) is 24.3 Å². The molecule has 128 valence electrons. The quantitative estimate of drug-likeness (QED) is 0.888. The predicted molar refractivity (Wildman–Crippen MR) is 87.0 cm³/mol. The Morgan fingerprint density at radius 2 is 2.22 bits per heavy atom. The highest BCUT2D eigenvalue weighted by Gasteiger charge is 2.27. The summed E-state index contributed by atoms with van der Waals surface area (Å²) in [5.74, 6) is -0.548. The maximum atomic E-state index is 13.2. The molecule has 1 aliphatic rings. The van der Waals surface area contributed by atoms with E-state index in [9.17, 15) is 17.6 Å². The maximum absolute atomic E-state index is 13.2. The van der Waals surface area contributed by atoms with Gasteiger partial charge in [-0.05, 0) is 36.5 Å². The fourth-order valence-electron chi connectivity index (χ4n) is 2.86. The Labute approximate surface area is 136 Å². The number of halogens is 1. The summed E-state index contributed by atoms with van der Waals surface area (Å²) in [6.07, 6.45) is 2.94. The van der Waals surface area contributed by atoms with E-state index in [-0.39, 0.29) is 30.1 Å². The maximum Gasteiger partial charge on any atom is 0.220 e. The van der Waals surface area contributed by atoms with Gasteiger partial charge in [-0.25, -0.2) is 17.1 Å². The molecule has 1 N–H and O–H groups in total. The zero-order chi connectivity index (χ0) is 17.0. The van der Waals surface area contributed by atoms with Crippen molar-refractivity contribution < 1.29 is 17.6 Å². The summed E-state index contributed by atoms with van der Waals surface area (Å²) in [6.45, 7) is 2.70. The number of hydrogen-bond donors (Lipinski definition) is 1. The van der Waals surface area contributed by atoms with Crippen molar-refractivity contribution in [3.8, 4) is 0 Å². The smallest absolute Gasteiger partial charge is 0.220 e. The van der Waals surface area contributed by atoms with Crippen molar-refractivity contribution in [2.45, 2.75) is 38.1 Å². The minimum atomic E-state index is -3.23. The normalized spacial score (nSPS) is 20.9. The molecule has 0 saturated carbocycles. The van der Waals surface area contributed by atoms with Gasteiger partial charge in [0, 0.05) is 25.6 Å². The van der Waals surface area contributed by atoms with E-state index >= 15 is 0 Å². The Balaban J connectivity index is 1.89. The van der Waals surface area contributed by atoms with E-state index in [0.29, 0.717) is 13.1 Å². The van der Waals surface area contributed by atoms with E-state index in [1.54, 1.807) is 12.1 Å². The first-order chi connectivity index (χ1) is 10.8. The molecule has 2 atom stereocenters. The second kappa shape index (κ2) is 7.40. The lowest BCUT2D eigenvalue weighted by Crippen LogP contribution is -2.49. The highest BCUT2D eigenvalue weighted by molar-refractivity contribution is 7.88. The fraction of sp³-hybridized carbons (Fsp3) is 0.562. The number of sulfonamides is 1. The number of rotatable bonds is 5. The molecule has 1 aromatic carbocycles. The number of amides is 1. The van der Waals surface area contributed by atoms with Crippen molar-refractivity contribution in [1.29, 1.82) is 0 Å². The average Bonchev–Trinajstić information content (AvgIpc) is 2.46. The number of carbonyl (C=O) groups is 1. The Hall–Kier alpha value is -1.47. The summed E-state index contributed by atoms with van der Waals surface area (Å²) in [5, 5.41) is 2.90. The molecular weight excluding hydrogens is 319 g/mol. The summed E-state index contributed by atoms with van der Waals surface area (Å²) in [6, 6.07) is 6.07. The number of carbonyl (C=O) groups excluding carboxylic acids is 1. The van der Waals surface area contributed by atoms with Gasteiger partial charge in [-0.15, -0.1) is 0 Å². The van der Waals surface area contributed by atoms with Gasteiger partial charge in [0.15, 0.2) is 0 Å². The van der Waals surface area contributed by atoms with Crippen molar-refractivity contribution in [2.24, 2.45) is 0 Å². The van der Waals surface area contributed by atoms with E-state index in [2.05, 4.69) is 5.32 Å². The largest absolute Gasteiger partial charge is 0.352 e. The lowest BCUT2D eigenvalue weighted by atomic mass is 9.97. The average molecular weight is 342 g/mol. The van der Waals surface area contributed by atoms with Crippen LogP contribution in [-0.2, 0) is 14.8 Å². The van der Waals surface area contributed by atoms with E-state index in [1.165, 1.54) is 22.7 Å². The van der Waals surface area contributed by atoms with Gasteiger partial charge in [-0.1, -0.05) is 19.1 Å². The van der Waals surface area contributed by atoms with Crippen LogP contribution in [0.25, 0.3) is 0 Å². The molecule has 1 heterocycles. The first-order valence-electron chi connectivity index (χ1n) is 7.75.